The van der Waals surface area contributed by atoms with Gasteiger partial charge in [0.25, 0.3) is 0 Å². The van der Waals surface area contributed by atoms with Crippen LogP contribution in [0.1, 0.15) is 11.1 Å². The van der Waals surface area contributed by atoms with Crippen molar-refractivity contribution in [2.75, 3.05) is 12.4 Å². The fourth-order valence-electron chi connectivity index (χ4n) is 2.60. The third-order valence-electron chi connectivity index (χ3n) is 4.11. The molecule has 0 saturated carbocycles. The highest BCUT2D eigenvalue weighted by atomic mass is 35.5. The van der Waals surface area contributed by atoms with Crippen LogP contribution in [0.3, 0.4) is 0 Å². The van der Waals surface area contributed by atoms with Gasteiger partial charge < -0.3 is 14.8 Å². The Morgan fingerprint density at radius 2 is 1.52 bits per heavy atom. The first kappa shape index (κ1) is 22.2. The van der Waals surface area contributed by atoms with E-state index in [9.17, 15) is 0 Å². The molecule has 0 aromatic heterocycles. The highest BCUT2D eigenvalue weighted by molar-refractivity contribution is 6.42. The summed E-state index contributed by atoms with van der Waals surface area (Å²) in [5, 5.41) is 5.88. The van der Waals surface area contributed by atoms with Gasteiger partial charge in [-0.3, -0.25) is 0 Å². The van der Waals surface area contributed by atoms with E-state index < -0.39 is 0 Å². The normalized spacial score (nSPS) is 10.7. The molecule has 0 amide bonds. The number of hydrogen-bond acceptors (Lipinski definition) is 3. The van der Waals surface area contributed by atoms with Crippen LogP contribution in [0.2, 0.25) is 25.1 Å². The molecule has 0 unspecified atom stereocenters. The van der Waals surface area contributed by atoms with Gasteiger partial charge in [0.05, 0.1) is 27.9 Å². The summed E-state index contributed by atoms with van der Waals surface area (Å²) in [6, 6.07) is 14.1. The first-order valence-corrected chi connectivity index (χ1v) is 10.4. The van der Waals surface area contributed by atoms with Crippen LogP contribution in [0.5, 0.6) is 11.5 Å². The molecule has 1 N–H and O–H groups in total. The van der Waals surface area contributed by atoms with Crippen molar-refractivity contribution in [1.29, 1.82) is 0 Å². The minimum absolute atomic E-state index is 0.291. The third-order valence-corrected chi connectivity index (χ3v) is 5.76. The average Bonchev–Trinajstić information content (AvgIpc) is 2.70. The van der Waals surface area contributed by atoms with E-state index in [0.29, 0.717) is 55.5 Å². The zero-order valence-corrected chi connectivity index (χ0v) is 19.0. The smallest absolute Gasteiger partial charge is 0.163 e. The van der Waals surface area contributed by atoms with E-state index in [0.717, 1.165) is 11.1 Å². The lowest BCUT2D eigenvalue weighted by molar-refractivity contribution is 0.284. The summed E-state index contributed by atoms with van der Waals surface area (Å²) in [6.45, 7) is 0.724. The van der Waals surface area contributed by atoms with Crippen molar-refractivity contribution in [3.63, 3.8) is 0 Å². The monoisotopic (exact) mass is 489 g/mol. The maximum Gasteiger partial charge on any atom is 0.163 e. The molecule has 0 bridgehead atoms. The maximum atomic E-state index is 6.45. The zero-order valence-electron chi connectivity index (χ0n) is 15.2. The summed E-state index contributed by atoms with van der Waals surface area (Å²) >= 11 is 30.7. The summed E-state index contributed by atoms with van der Waals surface area (Å²) in [5.41, 5.74) is 2.41. The van der Waals surface area contributed by atoms with Crippen molar-refractivity contribution in [2.24, 2.45) is 0 Å². The third kappa shape index (κ3) is 5.78. The van der Waals surface area contributed by atoms with Crippen LogP contribution >= 0.6 is 58.0 Å². The largest absolute Gasteiger partial charge is 0.493 e. The number of benzene rings is 3. The van der Waals surface area contributed by atoms with Gasteiger partial charge in [-0.1, -0.05) is 64.1 Å². The van der Waals surface area contributed by atoms with E-state index in [2.05, 4.69) is 5.32 Å². The number of ether oxygens (including phenoxy) is 2. The molecule has 0 aliphatic heterocycles. The standard InChI is InChI=1S/C21H16Cl5NO2/c1-28-20-7-13(10-27-19-8-14(22)3-5-16(19)24)17(25)9-21(20)29-11-12-2-4-15(23)18(26)6-12/h2-9,27H,10-11H2,1H3. The van der Waals surface area contributed by atoms with Crippen LogP contribution in [-0.4, -0.2) is 7.11 Å². The fourth-order valence-corrected chi connectivity index (χ4v) is 3.50. The topological polar surface area (TPSA) is 30.5 Å². The molecular weight excluding hydrogens is 476 g/mol. The van der Waals surface area contributed by atoms with Gasteiger partial charge in [-0.2, -0.15) is 0 Å². The Labute approximate surface area is 194 Å². The predicted molar refractivity (Wildman–Crippen MR) is 123 cm³/mol. The number of anilines is 1. The van der Waals surface area contributed by atoms with Crippen molar-refractivity contribution < 1.29 is 9.47 Å². The van der Waals surface area contributed by atoms with Gasteiger partial charge in [-0.15, -0.1) is 0 Å². The molecule has 8 heteroatoms. The number of methoxy groups -OCH3 is 1. The Morgan fingerprint density at radius 3 is 2.24 bits per heavy atom. The van der Waals surface area contributed by atoms with Crippen LogP contribution in [0.25, 0.3) is 0 Å². The summed E-state index contributed by atoms with van der Waals surface area (Å²) in [5.74, 6) is 1.08. The predicted octanol–water partition coefficient (Wildman–Crippen LogP) is 8.15. The minimum atomic E-state index is 0.291. The molecule has 0 aliphatic rings. The molecule has 0 fully saturated rings. The highest BCUT2D eigenvalue weighted by Gasteiger charge is 2.12. The van der Waals surface area contributed by atoms with Crippen LogP contribution < -0.4 is 14.8 Å². The SMILES string of the molecule is COc1cc(CNc2cc(Cl)ccc2Cl)c(Cl)cc1OCc1ccc(Cl)c(Cl)c1. The second-order valence-electron chi connectivity index (χ2n) is 6.11. The fraction of sp³-hybridized carbons (Fsp3) is 0.143. The lowest BCUT2D eigenvalue weighted by Crippen LogP contribution is -2.03. The Kier molecular flexibility index (Phi) is 7.66. The van der Waals surface area contributed by atoms with Crippen LogP contribution in [0, 0.1) is 0 Å². The van der Waals surface area contributed by atoms with Crippen molar-refractivity contribution in [3.05, 3.63) is 84.8 Å². The highest BCUT2D eigenvalue weighted by Crippen LogP contribution is 2.35. The van der Waals surface area contributed by atoms with Gasteiger partial charge in [0.1, 0.15) is 6.61 Å². The molecule has 29 heavy (non-hydrogen) atoms. The van der Waals surface area contributed by atoms with Gasteiger partial charge in [-0.05, 0) is 47.5 Å². The molecule has 3 aromatic carbocycles. The summed E-state index contributed by atoms with van der Waals surface area (Å²) < 4.78 is 11.3. The molecule has 0 aliphatic carbocycles. The quantitative estimate of drug-likeness (QED) is 0.362. The van der Waals surface area contributed by atoms with Gasteiger partial charge in [-0.25, -0.2) is 0 Å². The van der Waals surface area contributed by atoms with Crippen molar-refractivity contribution in [3.8, 4) is 11.5 Å². The van der Waals surface area contributed by atoms with Gasteiger partial charge in [0, 0.05) is 22.7 Å². The Hall–Kier alpha value is -1.49. The van der Waals surface area contributed by atoms with Gasteiger partial charge >= 0.3 is 0 Å². The average molecular weight is 492 g/mol. The Morgan fingerprint density at radius 1 is 0.759 bits per heavy atom. The number of hydrogen-bond donors (Lipinski definition) is 1. The molecule has 0 radical (unpaired) electrons. The van der Waals surface area contributed by atoms with Crippen molar-refractivity contribution in [2.45, 2.75) is 13.2 Å². The van der Waals surface area contributed by atoms with E-state index in [-0.39, 0.29) is 0 Å². The van der Waals surface area contributed by atoms with E-state index in [4.69, 9.17) is 67.5 Å². The van der Waals surface area contributed by atoms with Gasteiger partial charge in [0.15, 0.2) is 11.5 Å². The van der Waals surface area contributed by atoms with Crippen LogP contribution in [-0.2, 0) is 13.2 Å². The minimum Gasteiger partial charge on any atom is -0.493 e. The van der Waals surface area contributed by atoms with Gasteiger partial charge in [0.2, 0.25) is 0 Å². The molecule has 0 saturated heterocycles. The van der Waals surface area contributed by atoms with E-state index in [1.165, 1.54) is 0 Å². The van der Waals surface area contributed by atoms with E-state index >= 15 is 0 Å². The Balaban J connectivity index is 1.74. The number of nitrogens with one attached hydrogen (secondary N) is 1. The summed E-state index contributed by atoms with van der Waals surface area (Å²) in [4.78, 5) is 0. The summed E-state index contributed by atoms with van der Waals surface area (Å²) in [7, 11) is 1.57. The van der Waals surface area contributed by atoms with Crippen LogP contribution in [0.15, 0.2) is 48.5 Å². The molecule has 0 heterocycles. The van der Waals surface area contributed by atoms with Crippen molar-refractivity contribution >= 4 is 63.7 Å². The van der Waals surface area contributed by atoms with Crippen molar-refractivity contribution in [1.82, 2.24) is 0 Å². The Bertz CT molecular complexity index is 1030. The lowest BCUT2D eigenvalue weighted by atomic mass is 10.2. The molecular formula is C21H16Cl5NO2. The van der Waals surface area contributed by atoms with E-state index in [1.807, 2.05) is 12.1 Å². The molecule has 3 nitrogen and oxygen atoms in total. The first-order chi connectivity index (χ1) is 13.9. The second-order valence-corrected chi connectivity index (χ2v) is 8.17. The lowest BCUT2D eigenvalue weighted by Gasteiger charge is -2.15. The molecule has 0 atom stereocenters. The zero-order chi connectivity index (χ0) is 21.0. The number of rotatable bonds is 7. The molecule has 3 aromatic rings. The summed E-state index contributed by atoms with van der Waals surface area (Å²) in [6.07, 6.45) is 0. The van der Waals surface area contributed by atoms with Crippen LogP contribution in [0.4, 0.5) is 5.69 Å². The molecule has 152 valence electrons. The first-order valence-electron chi connectivity index (χ1n) is 8.49. The second kappa shape index (κ2) is 10.0. The van der Waals surface area contributed by atoms with E-state index in [1.54, 1.807) is 43.5 Å². The molecule has 3 rings (SSSR count). The number of halogens is 5. The maximum absolute atomic E-state index is 6.45. The molecule has 0 spiro atoms.